The minimum atomic E-state index is 0.499. The van der Waals surface area contributed by atoms with E-state index in [-0.39, 0.29) is 0 Å². The van der Waals surface area contributed by atoms with Crippen molar-refractivity contribution in [3.8, 4) is 5.75 Å². The third-order valence-electron chi connectivity index (χ3n) is 1.06. The third kappa shape index (κ3) is 2.15. The van der Waals surface area contributed by atoms with Gasteiger partial charge in [-0.15, -0.1) is 0 Å². The zero-order valence-electron chi connectivity index (χ0n) is 5.49. The summed E-state index contributed by atoms with van der Waals surface area (Å²) in [7, 11) is 0. The summed E-state index contributed by atoms with van der Waals surface area (Å²) in [5.41, 5.74) is 0. The van der Waals surface area contributed by atoms with Crippen LogP contribution in [-0.4, -0.2) is 12.0 Å². The van der Waals surface area contributed by atoms with Gasteiger partial charge in [0.15, 0.2) is 0 Å². The van der Waals surface area contributed by atoms with Crippen LogP contribution in [0.3, 0.4) is 0 Å². The monoisotopic (exact) mass is 152 g/mol. The first-order valence-electron chi connectivity index (χ1n) is 3.05. The molecule has 1 rings (SSSR count). The zero-order valence-corrected chi connectivity index (χ0v) is 6.30. The lowest BCUT2D eigenvalue weighted by molar-refractivity contribution is 0.382. The maximum absolute atomic E-state index is 5.20. The van der Waals surface area contributed by atoms with E-state index in [1.807, 2.05) is 30.3 Å². The molecule has 1 aromatic rings. The van der Waals surface area contributed by atoms with Gasteiger partial charge in [-0.05, 0) is 12.1 Å². The molecule has 0 radical (unpaired) electrons. The van der Waals surface area contributed by atoms with E-state index in [1.54, 1.807) is 5.37 Å². The van der Waals surface area contributed by atoms with Crippen LogP contribution in [0.5, 0.6) is 5.75 Å². The van der Waals surface area contributed by atoms with E-state index < -0.39 is 0 Å². The number of hydrogen-bond donors (Lipinski definition) is 0. The van der Waals surface area contributed by atoms with Crippen molar-refractivity contribution in [2.45, 2.75) is 0 Å². The Hall–Kier alpha value is -0.890. The van der Waals surface area contributed by atoms with Crippen molar-refractivity contribution in [2.75, 3.05) is 6.61 Å². The fourth-order valence-corrected chi connectivity index (χ4v) is 0.715. The summed E-state index contributed by atoms with van der Waals surface area (Å²) in [5, 5.41) is 1.56. The molecule has 1 aromatic carbocycles. The van der Waals surface area contributed by atoms with Gasteiger partial charge in [-0.25, -0.2) is 0 Å². The van der Waals surface area contributed by atoms with E-state index in [0.29, 0.717) is 6.61 Å². The molecule has 0 aromatic heterocycles. The van der Waals surface area contributed by atoms with Gasteiger partial charge in [0.1, 0.15) is 12.4 Å². The average molecular weight is 152 g/mol. The minimum absolute atomic E-state index is 0.499. The SMILES string of the molecule is S=CCOc1ccccc1. The maximum Gasteiger partial charge on any atom is 0.119 e. The van der Waals surface area contributed by atoms with Crippen molar-refractivity contribution in [1.29, 1.82) is 0 Å². The molecule has 0 aliphatic carbocycles. The second-order valence-electron chi connectivity index (χ2n) is 1.79. The molecule has 0 aliphatic heterocycles. The number of para-hydroxylation sites is 1. The molecule has 2 heteroatoms. The molecule has 0 amide bonds. The molecule has 0 aliphatic rings. The topological polar surface area (TPSA) is 9.23 Å². The van der Waals surface area contributed by atoms with Crippen LogP contribution < -0.4 is 4.74 Å². The number of hydrogen-bond acceptors (Lipinski definition) is 2. The quantitative estimate of drug-likeness (QED) is 0.613. The molecule has 0 N–H and O–H groups in total. The van der Waals surface area contributed by atoms with E-state index in [0.717, 1.165) is 5.75 Å². The van der Waals surface area contributed by atoms with Gasteiger partial charge in [-0.1, -0.05) is 30.4 Å². The Morgan fingerprint density at radius 1 is 1.30 bits per heavy atom. The van der Waals surface area contributed by atoms with Crippen LogP contribution >= 0.6 is 12.2 Å². The van der Waals surface area contributed by atoms with Gasteiger partial charge >= 0.3 is 0 Å². The largest absolute Gasteiger partial charge is 0.489 e. The molecule has 0 saturated carbocycles. The van der Waals surface area contributed by atoms with Crippen molar-refractivity contribution in [3.05, 3.63) is 30.3 Å². The lowest BCUT2D eigenvalue weighted by atomic mass is 10.3. The Morgan fingerprint density at radius 2 is 2.00 bits per heavy atom. The molecule has 0 heterocycles. The average Bonchev–Trinajstić information content (AvgIpc) is 2.03. The van der Waals surface area contributed by atoms with Crippen LogP contribution in [-0.2, 0) is 0 Å². The first-order chi connectivity index (χ1) is 4.93. The molecule has 0 saturated heterocycles. The minimum Gasteiger partial charge on any atom is -0.489 e. The molecule has 0 unspecified atom stereocenters. The standard InChI is InChI=1S/C8H8OS/c10-7-6-9-8-4-2-1-3-5-8/h1-5,7H,6H2. The summed E-state index contributed by atoms with van der Waals surface area (Å²) in [6, 6.07) is 9.61. The van der Waals surface area contributed by atoms with Gasteiger partial charge in [0.25, 0.3) is 0 Å². The molecular weight excluding hydrogens is 144 g/mol. The maximum atomic E-state index is 5.20. The Kier molecular flexibility index (Phi) is 2.90. The number of rotatable bonds is 3. The van der Waals surface area contributed by atoms with E-state index in [4.69, 9.17) is 4.74 Å². The Morgan fingerprint density at radius 3 is 2.60 bits per heavy atom. The van der Waals surface area contributed by atoms with E-state index in [1.165, 1.54) is 0 Å². The normalized spacial score (nSPS) is 8.80. The molecule has 1 nitrogen and oxygen atoms in total. The highest BCUT2D eigenvalue weighted by Gasteiger charge is 1.85. The predicted octanol–water partition coefficient (Wildman–Crippen LogP) is 2.07. The van der Waals surface area contributed by atoms with Gasteiger partial charge in [-0.2, -0.15) is 0 Å². The number of thiocarbonyl (C=S) groups is 1. The van der Waals surface area contributed by atoms with Crippen molar-refractivity contribution in [1.82, 2.24) is 0 Å². The van der Waals surface area contributed by atoms with Crippen LogP contribution in [0.2, 0.25) is 0 Å². The lowest BCUT2D eigenvalue weighted by Gasteiger charge is -1.99. The summed E-state index contributed by atoms with van der Waals surface area (Å²) in [5.74, 6) is 0.864. The first kappa shape index (κ1) is 7.22. The van der Waals surface area contributed by atoms with E-state index >= 15 is 0 Å². The second-order valence-corrected chi connectivity index (χ2v) is 2.12. The molecule has 10 heavy (non-hydrogen) atoms. The number of benzene rings is 1. The summed E-state index contributed by atoms with van der Waals surface area (Å²) in [6.45, 7) is 0.499. The Labute approximate surface area is 65.6 Å². The van der Waals surface area contributed by atoms with Gasteiger partial charge in [-0.3, -0.25) is 0 Å². The Balaban J connectivity index is 2.50. The van der Waals surface area contributed by atoms with Crippen LogP contribution in [0.25, 0.3) is 0 Å². The molecule has 0 atom stereocenters. The van der Waals surface area contributed by atoms with Crippen molar-refractivity contribution in [3.63, 3.8) is 0 Å². The van der Waals surface area contributed by atoms with Crippen LogP contribution in [0.15, 0.2) is 30.3 Å². The molecule has 52 valence electrons. The fourth-order valence-electron chi connectivity index (χ4n) is 0.647. The van der Waals surface area contributed by atoms with Crippen molar-refractivity contribution < 1.29 is 4.74 Å². The Bertz CT molecular complexity index is 196. The first-order valence-corrected chi connectivity index (χ1v) is 3.52. The van der Waals surface area contributed by atoms with Gasteiger partial charge in [0.05, 0.1) is 0 Å². The van der Waals surface area contributed by atoms with E-state index in [2.05, 4.69) is 12.2 Å². The van der Waals surface area contributed by atoms with Gasteiger partial charge in [0, 0.05) is 5.37 Å². The molecule has 0 fully saturated rings. The van der Waals surface area contributed by atoms with Crippen molar-refractivity contribution in [2.24, 2.45) is 0 Å². The van der Waals surface area contributed by atoms with Gasteiger partial charge in [0.2, 0.25) is 0 Å². The number of ether oxygens (including phenoxy) is 1. The predicted molar refractivity (Wildman–Crippen MR) is 45.6 cm³/mol. The highest BCUT2D eigenvalue weighted by Crippen LogP contribution is 2.06. The summed E-state index contributed by atoms with van der Waals surface area (Å²) < 4.78 is 5.20. The third-order valence-corrected chi connectivity index (χ3v) is 1.20. The lowest BCUT2D eigenvalue weighted by Crippen LogP contribution is -1.95. The van der Waals surface area contributed by atoms with Crippen LogP contribution in [0, 0.1) is 0 Å². The van der Waals surface area contributed by atoms with Crippen molar-refractivity contribution >= 4 is 17.6 Å². The molecular formula is C8H8OS. The highest BCUT2D eigenvalue weighted by atomic mass is 32.1. The summed E-state index contributed by atoms with van der Waals surface area (Å²) >= 11 is 4.60. The summed E-state index contributed by atoms with van der Waals surface area (Å²) in [4.78, 5) is 0. The molecule has 0 spiro atoms. The highest BCUT2D eigenvalue weighted by molar-refractivity contribution is 7.79. The zero-order chi connectivity index (χ0) is 7.23. The smallest absolute Gasteiger partial charge is 0.119 e. The fraction of sp³-hybridized carbons (Fsp3) is 0.125. The van der Waals surface area contributed by atoms with Crippen LogP contribution in [0.1, 0.15) is 0 Å². The van der Waals surface area contributed by atoms with Gasteiger partial charge < -0.3 is 4.74 Å². The van der Waals surface area contributed by atoms with Crippen LogP contribution in [0.4, 0.5) is 0 Å². The van der Waals surface area contributed by atoms with E-state index in [9.17, 15) is 0 Å². The molecule has 0 bridgehead atoms. The summed E-state index contributed by atoms with van der Waals surface area (Å²) in [6.07, 6.45) is 0. The second kappa shape index (κ2) is 4.01.